The van der Waals surface area contributed by atoms with Crippen LogP contribution in [-0.2, 0) is 0 Å². The lowest BCUT2D eigenvalue weighted by atomic mass is 10.0. The van der Waals surface area contributed by atoms with E-state index in [0.717, 1.165) is 5.75 Å². The van der Waals surface area contributed by atoms with Gasteiger partial charge in [0.2, 0.25) is 5.95 Å². The van der Waals surface area contributed by atoms with Crippen molar-refractivity contribution < 1.29 is 13.9 Å². The molecule has 0 fully saturated rings. The normalized spacial score (nSPS) is 10.7. The molecule has 0 saturated heterocycles. The van der Waals surface area contributed by atoms with Crippen molar-refractivity contribution in [1.82, 2.24) is 4.98 Å². The molecule has 0 aliphatic carbocycles. The van der Waals surface area contributed by atoms with Crippen LogP contribution >= 0.6 is 0 Å². The summed E-state index contributed by atoms with van der Waals surface area (Å²) < 4.78 is 19.0. The highest BCUT2D eigenvalue weighted by Crippen LogP contribution is 2.26. The second-order valence-electron chi connectivity index (χ2n) is 6.57. The largest absolute Gasteiger partial charge is 0.457 e. The Hall–Kier alpha value is -3.21. The molecule has 27 heavy (non-hydrogen) atoms. The minimum absolute atomic E-state index is 0.326. The molecule has 3 aromatic rings. The number of amides is 1. The first-order valence-corrected chi connectivity index (χ1v) is 8.75. The predicted molar refractivity (Wildman–Crippen MR) is 104 cm³/mol. The van der Waals surface area contributed by atoms with Crippen LogP contribution in [0.1, 0.15) is 41.4 Å². The maximum atomic E-state index is 13.1. The molecule has 0 atom stereocenters. The number of ether oxygens (including phenoxy) is 1. The molecule has 1 N–H and O–H groups in total. The van der Waals surface area contributed by atoms with Crippen LogP contribution in [-0.4, -0.2) is 10.9 Å². The number of rotatable bonds is 5. The number of carbonyl (C=O) groups is 1. The number of anilines is 1. The molecule has 2 aromatic carbocycles. The number of nitrogens with zero attached hydrogens (tertiary/aromatic N) is 1. The minimum Gasteiger partial charge on any atom is -0.457 e. The molecule has 5 heteroatoms. The molecule has 0 aliphatic heterocycles. The highest BCUT2D eigenvalue weighted by atomic mass is 19.1. The van der Waals surface area contributed by atoms with E-state index in [9.17, 15) is 9.18 Å². The second kappa shape index (κ2) is 7.99. The Morgan fingerprint density at radius 3 is 2.44 bits per heavy atom. The fraction of sp³-hybridized carbons (Fsp3) is 0.182. The van der Waals surface area contributed by atoms with Gasteiger partial charge < -0.3 is 10.1 Å². The highest BCUT2D eigenvalue weighted by molar-refractivity contribution is 6.05. The first-order valence-electron chi connectivity index (χ1n) is 8.75. The molecule has 3 rings (SSSR count). The summed E-state index contributed by atoms with van der Waals surface area (Å²) >= 11 is 0. The van der Waals surface area contributed by atoms with E-state index in [4.69, 9.17) is 4.74 Å². The monoisotopic (exact) mass is 364 g/mol. The number of aryl methyl sites for hydroxylation is 1. The molecule has 0 radical (unpaired) electrons. The summed E-state index contributed by atoms with van der Waals surface area (Å²) in [4.78, 5) is 16.1. The lowest BCUT2D eigenvalue weighted by molar-refractivity contribution is 0.102. The molecule has 4 nitrogen and oxygen atoms in total. The number of carbonyl (C=O) groups excluding carboxylic acids is 1. The van der Waals surface area contributed by atoms with Crippen LogP contribution in [0, 0.1) is 12.9 Å². The Balaban J connectivity index is 1.72. The fourth-order valence-corrected chi connectivity index (χ4v) is 2.66. The van der Waals surface area contributed by atoms with E-state index in [1.54, 1.807) is 25.1 Å². The number of aromatic nitrogens is 1. The molecule has 0 saturated carbocycles. The van der Waals surface area contributed by atoms with E-state index < -0.39 is 5.95 Å². The van der Waals surface area contributed by atoms with Gasteiger partial charge in [0.25, 0.3) is 5.91 Å². The van der Waals surface area contributed by atoms with Crippen molar-refractivity contribution in [3.8, 4) is 11.5 Å². The number of benzene rings is 2. The Labute approximate surface area is 158 Å². The first kappa shape index (κ1) is 18.6. The standard InChI is InChI=1S/C22H21FN2O2/c1-14(2)16-7-9-18(10-8-16)27-19-6-4-5-17(13-19)25-22(26)20-11-12-21(23)24-15(20)3/h4-14H,1-3H3,(H,25,26). The molecule has 0 unspecified atom stereocenters. The average Bonchev–Trinajstić information content (AvgIpc) is 2.62. The highest BCUT2D eigenvalue weighted by Gasteiger charge is 2.11. The Bertz CT molecular complexity index is 953. The molecule has 0 spiro atoms. The third-order valence-corrected chi connectivity index (χ3v) is 4.17. The lowest BCUT2D eigenvalue weighted by Gasteiger charge is -2.11. The van der Waals surface area contributed by atoms with Gasteiger partial charge in [-0.15, -0.1) is 0 Å². The van der Waals surface area contributed by atoms with Gasteiger partial charge in [0.05, 0.1) is 11.3 Å². The molecule has 0 bridgehead atoms. The predicted octanol–water partition coefficient (Wildman–Crippen LogP) is 5.70. The van der Waals surface area contributed by atoms with Gasteiger partial charge in [0.15, 0.2) is 0 Å². The smallest absolute Gasteiger partial charge is 0.257 e. The Morgan fingerprint density at radius 1 is 1.04 bits per heavy atom. The van der Waals surface area contributed by atoms with E-state index in [-0.39, 0.29) is 5.91 Å². The van der Waals surface area contributed by atoms with Crippen molar-refractivity contribution in [2.75, 3.05) is 5.32 Å². The van der Waals surface area contributed by atoms with Crippen LogP contribution in [0.5, 0.6) is 11.5 Å². The summed E-state index contributed by atoms with van der Waals surface area (Å²) in [6.45, 7) is 5.87. The number of hydrogen-bond acceptors (Lipinski definition) is 3. The van der Waals surface area contributed by atoms with Gasteiger partial charge in [0.1, 0.15) is 11.5 Å². The van der Waals surface area contributed by atoms with Crippen molar-refractivity contribution in [2.45, 2.75) is 26.7 Å². The summed E-state index contributed by atoms with van der Waals surface area (Å²) in [5.74, 6) is 0.837. The molecule has 0 aliphatic rings. The molecule has 1 amide bonds. The zero-order valence-electron chi connectivity index (χ0n) is 15.5. The zero-order chi connectivity index (χ0) is 19.4. The zero-order valence-corrected chi connectivity index (χ0v) is 15.5. The average molecular weight is 364 g/mol. The van der Waals surface area contributed by atoms with Crippen molar-refractivity contribution in [3.05, 3.63) is 83.4 Å². The number of halogens is 1. The van der Waals surface area contributed by atoms with Crippen molar-refractivity contribution in [2.24, 2.45) is 0 Å². The quantitative estimate of drug-likeness (QED) is 0.591. The fourth-order valence-electron chi connectivity index (χ4n) is 2.66. The maximum Gasteiger partial charge on any atom is 0.257 e. The molecule has 1 aromatic heterocycles. The number of nitrogens with one attached hydrogen (secondary N) is 1. The van der Waals surface area contributed by atoms with E-state index in [2.05, 4.69) is 24.1 Å². The van der Waals surface area contributed by atoms with Gasteiger partial charge in [-0.1, -0.05) is 32.0 Å². The molecule has 138 valence electrons. The second-order valence-corrected chi connectivity index (χ2v) is 6.57. The number of pyridine rings is 1. The van der Waals surface area contributed by atoms with Crippen LogP contribution in [0.2, 0.25) is 0 Å². The van der Waals surface area contributed by atoms with Crippen LogP contribution in [0.3, 0.4) is 0 Å². The number of hydrogen-bond donors (Lipinski definition) is 1. The van der Waals surface area contributed by atoms with Crippen LogP contribution in [0.4, 0.5) is 10.1 Å². The van der Waals surface area contributed by atoms with Crippen LogP contribution in [0.15, 0.2) is 60.7 Å². The van der Waals surface area contributed by atoms with Gasteiger partial charge in [-0.25, -0.2) is 4.98 Å². The summed E-state index contributed by atoms with van der Waals surface area (Å²) in [7, 11) is 0. The van der Waals surface area contributed by atoms with E-state index in [1.807, 2.05) is 30.3 Å². The van der Waals surface area contributed by atoms with Gasteiger partial charge in [0, 0.05) is 11.8 Å². The Morgan fingerprint density at radius 2 is 1.78 bits per heavy atom. The van der Waals surface area contributed by atoms with Gasteiger partial charge >= 0.3 is 0 Å². The van der Waals surface area contributed by atoms with Crippen molar-refractivity contribution in [1.29, 1.82) is 0 Å². The van der Waals surface area contributed by atoms with Gasteiger partial charge in [-0.2, -0.15) is 4.39 Å². The molecule has 1 heterocycles. The SMILES string of the molecule is Cc1nc(F)ccc1C(=O)Nc1cccc(Oc2ccc(C(C)C)cc2)c1. The van der Waals surface area contributed by atoms with Crippen LogP contribution < -0.4 is 10.1 Å². The van der Waals surface area contributed by atoms with E-state index in [1.165, 1.54) is 17.7 Å². The summed E-state index contributed by atoms with van der Waals surface area (Å²) in [6.07, 6.45) is 0. The topological polar surface area (TPSA) is 51.2 Å². The molecular formula is C22H21FN2O2. The van der Waals surface area contributed by atoms with E-state index >= 15 is 0 Å². The maximum absolute atomic E-state index is 13.1. The summed E-state index contributed by atoms with van der Waals surface area (Å²) in [5, 5.41) is 2.79. The lowest BCUT2D eigenvalue weighted by Crippen LogP contribution is -2.14. The summed E-state index contributed by atoms with van der Waals surface area (Å²) in [5.41, 5.74) is 2.49. The van der Waals surface area contributed by atoms with Crippen molar-refractivity contribution in [3.63, 3.8) is 0 Å². The van der Waals surface area contributed by atoms with Gasteiger partial charge in [-0.3, -0.25) is 4.79 Å². The Kier molecular flexibility index (Phi) is 5.50. The van der Waals surface area contributed by atoms with E-state index in [0.29, 0.717) is 28.6 Å². The minimum atomic E-state index is -0.608. The van der Waals surface area contributed by atoms with Crippen LogP contribution in [0.25, 0.3) is 0 Å². The van der Waals surface area contributed by atoms with Gasteiger partial charge in [-0.05, 0) is 54.8 Å². The molecular weight excluding hydrogens is 343 g/mol. The summed E-state index contributed by atoms with van der Waals surface area (Å²) in [6, 6.07) is 17.6. The first-order chi connectivity index (χ1) is 12.9. The third-order valence-electron chi connectivity index (χ3n) is 4.17. The third kappa shape index (κ3) is 4.70. The van der Waals surface area contributed by atoms with Crippen molar-refractivity contribution >= 4 is 11.6 Å².